The summed E-state index contributed by atoms with van der Waals surface area (Å²) in [6.45, 7) is 0. The molecule has 0 aliphatic carbocycles. The van der Waals surface area contributed by atoms with Gasteiger partial charge in [0.1, 0.15) is 11.5 Å². The highest BCUT2D eigenvalue weighted by Gasteiger charge is 2.12. The lowest BCUT2D eigenvalue weighted by molar-refractivity contribution is 0.318. The fourth-order valence-electron chi connectivity index (χ4n) is 1.52. The average Bonchev–Trinajstić information content (AvgIpc) is 2.41. The lowest BCUT2D eigenvalue weighted by atomic mass is 10.2. The Morgan fingerprint density at radius 3 is 2.55 bits per heavy atom. The average molecular weight is 376 g/mol. The minimum absolute atomic E-state index is 0.0578. The predicted molar refractivity (Wildman–Crippen MR) is 83.2 cm³/mol. The first-order valence-corrected chi connectivity index (χ1v) is 6.96. The lowest BCUT2D eigenvalue weighted by Crippen LogP contribution is -2.14. The SMILES string of the molecule is N/C(=N/O)c1ccc(Br)cc1Oc1ccc(Cl)cc1Cl. The molecule has 3 N–H and O–H groups in total. The molecule has 20 heavy (non-hydrogen) atoms. The van der Waals surface area contributed by atoms with Gasteiger partial charge in [-0.05, 0) is 36.4 Å². The smallest absolute Gasteiger partial charge is 0.173 e. The molecule has 0 aliphatic heterocycles. The van der Waals surface area contributed by atoms with Crippen LogP contribution in [0.4, 0.5) is 0 Å². The van der Waals surface area contributed by atoms with Crippen molar-refractivity contribution in [1.29, 1.82) is 0 Å². The molecular formula is C13H9BrCl2N2O2. The Labute approximate surface area is 133 Å². The van der Waals surface area contributed by atoms with Crippen molar-refractivity contribution in [2.45, 2.75) is 0 Å². The molecule has 0 atom stereocenters. The van der Waals surface area contributed by atoms with Gasteiger partial charge >= 0.3 is 0 Å². The number of ether oxygens (including phenoxy) is 1. The number of nitrogens with zero attached hydrogens (tertiary/aromatic N) is 1. The van der Waals surface area contributed by atoms with Crippen molar-refractivity contribution >= 4 is 45.0 Å². The van der Waals surface area contributed by atoms with Crippen molar-refractivity contribution in [3.63, 3.8) is 0 Å². The molecule has 0 spiro atoms. The number of amidine groups is 1. The monoisotopic (exact) mass is 374 g/mol. The molecule has 0 radical (unpaired) electrons. The van der Waals surface area contributed by atoms with Crippen LogP contribution in [0.5, 0.6) is 11.5 Å². The summed E-state index contributed by atoms with van der Waals surface area (Å²) in [5, 5.41) is 12.6. The fraction of sp³-hybridized carbons (Fsp3) is 0. The van der Waals surface area contributed by atoms with Crippen molar-refractivity contribution in [1.82, 2.24) is 0 Å². The van der Waals surface area contributed by atoms with E-state index in [4.69, 9.17) is 38.9 Å². The second-order valence-corrected chi connectivity index (χ2v) is 5.56. The van der Waals surface area contributed by atoms with Crippen LogP contribution in [-0.4, -0.2) is 11.0 Å². The van der Waals surface area contributed by atoms with E-state index in [1.54, 1.807) is 36.4 Å². The third-order valence-electron chi connectivity index (χ3n) is 2.44. The lowest BCUT2D eigenvalue weighted by Gasteiger charge is -2.12. The van der Waals surface area contributed by atoms with Gasteiger partial charge in [-0.3, -0.25) is 0 Å². The standard InChI is InChI=1S/C13H9BrCl2N2O2/c14-7-1-3-9(13(17)18-19)12(5-7)20-11-4-2-8(15)6-10(11)16/h1-6,19H,(H2,17,18). The molecule has 0 unspecified atom stereocenters. The number of rotatable bonds is 3. The number of halogens is 3. The maximum Gasteiger partial charge on any atom is 0.173 e. The summed E-state index contributed by atoms with van der Waals surface area (Å²) >= 11 is 15.2. The molecular weight excluding hydrogens is 367 g/mol. The van der Waals surface area contributed by atoms with E-state index in [0.717, 1.165) is 4.47 Å². The van der Waals surface area contributed by atoms with Crippen LogP contribution < -0.4 is 10.5 Å². The molecule has 0 bridgehead atoms. The summed E-state index contributed by atoms with van der Waals surface area (Å²) in [5.41, 5.74) is 6.06. The highest BCUT2D eigenvalue weighted by atomic mass is 79.9. The van der Waals surface area contributed by atoms with Gasteiger partial charge in [0.15, 0.2) is 5.84 Å². The van der Waals surface area contributed by atoms with E-state index < -0.39 is 0 Å². The summed E-state index contributed by atoms with van der Waals surface area (Å²) in [7, 11) is 0. The first-order chi connectivity index (χ1) is 9.51. The third kappa shape index (κ3) is 3.36. The van der Waals surface area contributed by atoms with Gasteiger partial charge in [0.05, 0.1) is 10.6 Å². The van der Waals surface area contributed by atoms with E-state index in [-0.39, 0.29) is 5.84 Å². The summed E-state index contributed by atoms with van der Waals surface area (Å²) in [5.74, 6) is 0.762. The van der Waals surface area contributed by atoms with Crippen LogP contribution in [0.1, 0.15) is 5.56 Å². The maximum absolute atomic E-state index is 8.79. The Bertz CT molecular complexity index is 677. The number of hydrogen-bond acceptors (Lipinski definition) is 3. The fourth-order valence-corrected chi connectivity index (χ4v) is 2.31. The normalized spacial score (nSPS) is 11.4. The Kier molecular flexibility index (Phi) is 4.75. The van der Waals surface area contributed by atoms with Crippen molar-refractivity contribution in [3.8, 4) is 11.5 Å². The van der Waals surface area contributed by atoms with Crippen LogP contribution in [-0.2, 0) is 0 Å². The Morgan fingerprint density at radius 2 is 1.90 bits per heavy atom. The molecule has 2 rings (SSSR count). The summed E-state index contributed by atoms with van der Waals surface area (Å²) in [4.78, 5) is 0. The predicted octanol–water partition coefficient (Wildman–Crippen LogP) is 4.64. The first-order valence-electron chi connectivity index (χ1n) is 5.41. The van der Waals surface area contributed by atoms with Gasteiger partial charge < -0.3 is 15.7 Å². The molecule has 0 aromatic heterocycles. The molecule has 0 heterocycles. The topological polar surface area (TPSA) is 67.8 Å². The van der Waals surface area contributed by atoms with E-state index in [1.165, 1.54) is 0 Å². The number of nitrogens with two attached hydrogens (primary N) is 1. The Morgan fingerprint density at radius 1 is 1.15 bits per heavy atom. The minimum Gasteiger partial charge on any atom is -0.455 e. The van der Waals surface area contributed by atoms with Gasteiger partial charge in [0, 0.05) is 9.50 Å². The highest BCUT2D eigenvalue weighted by Crippen LogP contribution is 2.34. The minimum atomic E-state index is -0.0578. The Balaban J connectivity index is 2.44. The van der Waals surface area contributed by atoms with Crippen LogP contribution in [0.15, 0.2) is 46.0 Å². The van der Waals surface area contributed by atoms with E-state index in [1.807, 2.05) is 0 Å². The summed E-state index contributed by atoms with van der Waals surface area (Å²) < 4.78 is 6.49. The van der Waals surface area contributed by atoms with Crippen molar-refractivity contribution in [2.75, 3.05) is 0 Å². The van der Waals surface area contributed by atoms with E-state index in [2.05, 4.69) is 21.1 Å². The molecule has 0 fully saturated rings. The van der Waals surface area contributed by atoms with Crippen molar-refractivity contribution in [2.24, 2.45) is 10.9 Å². The van der Waals surface area contributed by atoms with Gasteiger partial charge in [0.2, 0.25) is 0 Å². The quantitative estimate of drug-likeness (QED) is 0.355. The zero-order valence-electron chi connectivity index (χ0n) is 9.98. The highest BCUT2D eigenvalue weighted by molar-refractivity contribution is 9.10. The van der Waals surface area contributed by atoms with Crippen LogP contribution in [0, 0.1) is 0 Å². The van der Waals surface area contributed by atoms with E-state index in [9.17, 15) is 0 Å². The first kappa shape index (κ1) is 15.0. The zero-order valence-corrected chi connectivity index (χ0v) is 13.1. The van der Waals surface area contributed by atoms with Gasteiger partial charge in [-0.25, -0.2) is 0 Å². The molecule has 2 aromatic carbocycles. The van der Waals surface area contributed by atoms with Crippen LogP contribution >= 0.6 is 39.1 Å². The largest absolute Gasteiger partial charge is 0.455 e. The zero-order chi connectivity index (χ0) is 14.7. The third-order valence-corrected chi connectivity index (χ3v) is 3.46. The Hall–Kier alpha value is -1.43. The van der Waals surface area contributed by atoms with E-state index in [0.29, 0.717) is 27.1 Å². The molecule has 0 saturated carbocycles. The van der Waals surface area contributed by atoms with Gasteiger partial charge in [-0.15, -0.1) is 0 Å². The summed E-state index contributed by atoms with van der Waals surface area (Å²) in [6, 6.07) is 9.98. The second-order valence-electron chi connectivity index (χ2n) is 3.80. The molecule has 0 amide bonds. The van der Waals surface area contributed by atoms with Gasteiger partial charge in [-0.2, -0.15) is 0 Å². The molecule has 104 valence electrons. The number of hydrogen-bond donors (Lipinski definition) is 2. The number of benzene rings is 2. The van der Waals surface area contributed by atoms with E-state index >= 15 is 0 Å². The second kappa shape index (κ2) is 6.35. The number of oxime groups is 1. The van der Waals surface area contributed by atoms with Crippen LogP contribution in [0.25, 0.3) is 0 Å². The summed E-state index contributed by atoms with van der Waals surface area (Å²) in [6.07, 6.45) is 0. The van der Waals surface area contributed by atoms with Crippen LogP contribution in [0.2, 0.25) is 10.0 Å². The van der Waals surface area contributed by atoms with Gasteiger partial charge in [0.25, 0.3) is 0 Å². The van der Waals surface area contributed by atoms with Crippen LogP contribution in [0.3, 0.4) is 0 Å². The molecule has 7 heteroatoms. The molecule has 0 aliphatic rings. The maximum atomic E-state index is 8.79. The molecule has 4 nitrogen and oxygen atoms in total. The van der Waals surface area contributed by atoms with Gasteiger partial charge in [-0.1, -0.05) is 44.3 Å². The van der Waals surface area contributed by atoms with Crippen molar-refractivity contribution in [3.05, 3.63) is 56.5 Å². The molecule has 0 saturated heterocycles. The molecule has 2 aromatic rings. The van der Waals surface area contributed by atoms with Crippen molar-refractivity contribution < 1.29 is 9.94 Å².